The van der Waals surface area contributed by atoms with Crippen molar-refractivity contribution in [3.05, 3.63) is 11.7 Å². The van der Waals surface area contributed by atoms with Gasteiger partial charge >= 0.3 is 5.97 Å². The first-order valence-electron chi connectivity index (χ1n) is 7.28. The highest BCUT2D eigenvalue weighted by Crippen LogP contribution is 2.37. The lowest BCUT2D eigenvalue weighted by Crippen LogP contribution is -2.25. The van der Waals surface area contributed by atoms with Crippen LogP contribution in [0.15, 0.2) is 4.52 Å². The minimum Gasteiger partial charge on any atom is -0.481 e. The molecule has 0 amide bonds. The number of carbonyl (C=O) groups is 1. The summed E-state index contributed by atoms with van der Waals surface area (Å²) in [5, 5.41) is 13.9. The number of thioether (sulfide) groups is 1. The number of nitrogens with zero attached hydrogens (tertiary/aromatic N) is 2. The Morgan fingerprint density at radius 3 is 2.95 bits per heavy atom. The van der Waals surface area contributed by atoms with Gasteiger partial charge in [-0.25, -0.2) is 0 Å². The van der Waals surface area contributed by atoms with E-state index in [0.29, 0.717) is 23.4 Å². The molecule has 0 saturated heterocycles. The Kier molecular flexibility index (Phi) is 5.46. The lowest BCUT2D eigenvalue weighted by Gasteiger charge is -2.25. The van der Waals surface area contributed by atoms with Crippen molar-refractivity contribution in [1.82, 2.24) is 10.1 Å². The fraction of sp³-hybridized carbons (Fsp3) is 0.786. The summed E-state index contributed by atoms with van der Waals surface area (Å²) < 4.78 is 5.31. The van der Waals surface area contributed by atoms with Gasteiger partial charge in [-0.2, -0.15) is 16.7 Å². The molecule has 2 rings (SSSR count). The molecule has 6 heteroatoms. The summed E-state index contributed by atoms with van der Waals surface area (Å²) in [6.07, 6.45) is 4.65. The van der Waals surface area contributed by atoms with Gasteiger partial charge in [-0.05, 0) is 19.3 Å². The zero-order valence-corrected chi connectivity index (χ0v) is 12.9. The molecule has 3 atom stereocenters. The summed E-state index contributed by atoms with van der Waals surface area (Å²) in [7, 11) is 0. The number of aliphatic carboxylic acids is 1. The second-order valence-corrected chi connectivity index (χ2v) is 6.84. The summed E-state index contributed by atoms with van der Waals surface area (Å²) in [5.74, 6) is 0.679. The first kappa shape index (κ1) is 15.4. The molecule has 1 aromatic rings. The molecule has 112 valence electrons. The average molecular weight is 298 g/mol. The van der Waals surface area contributed by atoms with Crippen LogP contribution < -0.4 is 0 Å². The van der Waals surface area contributed by atoms with Gasteiger partial charge < -0.3 is 9.63 Å². The van der Waals surface area contributed by atoms with Crippen LogP contribution >= 0.6 is 11.8 Å². The molecule has 0 radical (unpaired) electrons. The van der Waals surface area contributed by atoms with E-state index in [1.807, 2.05) is 0 Å². The molecular formula is C14H22N2O3S. The van der Waals surface area contributed by atoms with E-state index in [-0.39, 0.29) is 11.8 Å². The molecule has 1 fully saturated rings. The van der Waals surface area contributed by atoms with Gasteiger partial charge in [0.05, 0.1) is 17.6 Å². The molecule has 1 saturated carbocycles. The van der Waals surface area contributed by atoms with Gasteiger partial charge in [0.2, 0.25) is 5.89 Å². The first-order chi connectivity index (χ1) is 9.61. The summed E-state index contributed by atoms with van der Waals surface area (Å²) >= 11 is 1.80. The maximum Gasteiger partial charge on any atom is 0.307 e. The third-order valence-electron chi connectivity index (χ3n) is 3.96. The van der Waals surface area contributed by atoms with E-state index in [0.717, 1.165) is 31.4 Å². The molecule has 1 N–H and O–H groups in total. The van der Waals surface area contributed by atoms with Crippen LogP contribution in [0.2, 0.25) is 0 Å². The molecule has 0 bridgehead atoms. The zero-order chi connectivity index (χ0) is 14.5. The van der Waals surface area contributed by atoms with Crippen molar-refractivity contribution in [2.75, 3.05) is 0 Å². The van der Waals surface area contributed by atoms with Crippen LogP contribution in [0, 0.1) is 5.92 Å². The second-order valence-electron chi connectivity index (χ2n) is 5.41. The van der Waals surface area contributed by atoms with E-state index in [4.69, 9.17) is 4.52 Å². The first-order valence-corrected chi connectivity index (χ1v) is 8.33. The second kappa shape index (κ2) is 7.11. The average Bonchev–Trinajstić information content (AvgIpc) is 2.93. The molecule has 1 heterocycles. The molecule has 20 heavy (non-hydrogen) atoms. The summed E-state index contributed by atoms with van der Waals surface area (Å²) in [5.41, 5.74) is 0. The number of rotatable bonds is 6. The van der Waals surface area contributed by atoms with Gasteiger partial charge in [-0.1, -0.05) is 31.8 Å². The smallest absolute Gasteiger partial charge is 0.307 e. The lowest BCUT2D eigenvalue weighted by atomic mass is 9.79. The monoisotopic (exact) mass is 298 g/mol. The zero-order valence-electron chi connectivity index (χ0n) is 12.0. The van der Waals surface area contributed by atoms with E-state index < -0.39 is 5.97 Å². The van der Waals surface area contributed by atoms with Crippen molar-refractivity contribution in [2.24, 2.45) is 5.92 Å². The molecule has 0 aromatic carbocycles. The highest BCUT2D eigenvalue weighted by Gasteiger charge is 2.35. The number of carboxylic acids is 1. The third-order valence-corrected chi connectivity index (χ3v) is 5.28. The van der Waals surface area contributed by atoms with Crippen molar-refractivity contribution in [3.8, 4) is 0 Å². The van der Waals surface area contributed by atoms with Gasteiger partial charge in [0, 0.05) is 5.25 Å². The number of aromatic nitrogens is 2. The maximum absolute atomic E-state index is 11.3. The Bertz CT molecular complexity index is 449. The van der Waals surface area contributed by atoms with E-state index in [1.54, 1.807) is 11.8 Å². The van der Waals surface area contributed by atoms with Crippen molar-refractivity contribution < 1.29 is 14.4 Å². The summed E-state index contributed by atoms with van der Waals surface area (Å²) in [6.45, 7) is 4.33. The Morgan fingerprint density at radius 2 is 2.25 bits per heavy atom. The van der Waals surface area contributed by atoms with Gasteiger partial charge in [-0.15, -0.1) is 0 Å². The van der Waals surface area contributed by atoms with Crippen LogP contribution in [0.3, 0.4) is 0 Å². The number of carboxylic acid groups (broad SMARTS) is 1. The fourth-order valence-electron chi connectivity index (χ4n) is 2.53. The molecular weight excluding hydrogens is 276 g/mol. The van der Waals surface area contributed by atoms with Crippen molar-refractivity contribution >= 4 is 17.7 Å². The van der Waals surface area contributed by atoms with Crippen LogP contribution in [0.5, 0.6) is 0 Å². The Morgan fingerprint density at radius 1 is 1.50 bits per heavy atom. The van der Waals surface area contributed by atoms with E-state index >= 15 is 0 Å². The predicted octanol–water partition coefficient (Wildman–Crippen LogP) is 3.46. The molecule has 0 aliphatic heterocycles. The van der Waals surface area contributed by atoms with Crippen LogP contribution in [-0.4, -0.2) is 26.5 Å². The fourth-order valence-corrected chi connectivity index (χ4v) is 3.32. The SMILES string of the molecule is CCC(C)SCc1noc(C2CCCCC2C(=O)O)n1. The minimum absolute atomic E-state index is 0.115. The van der Waals surface area contributed by atoms with Gasteiger partial charge in [0.15, 0.2) is 5.82 Å². The largest absolute Gasteiger partial charge is 0.481 e. The van der Waals surface area contributed by atoms with Gasteiger partial charge in [-0.3, -0.25) is 4.79 Å². The van der Waals surface area contributed by atoms with Crippen molar-refractivity contribution in [1.29, 1.82) is 0 Å². The highest BCUT2D eigenvalue weighted by molar-refractivity contribution is 7.99. The van der Waals surface area contributed by atoms with E-state index in [9.17, 15) is 9.90 Å². The predicted molar refractivity (Wildman–Crippen MR) is 77.7 cm³/mol. The van der Waals surface area contributed by atoms with Gasteiger partial charge in [0.25, 0.3) is 0 Å². The quantitative estimate of drug-likeness (QED) is 0.866. The Hall–Kier alpha value is -1.04. The van der Waals surface area contributed by atoms with Crippen LogP contribution in [0.25, 0.3) is 0 Å². The van der Waals surface area contributed by atoms with Crippen molar-refractivity contribution in [2.45, 2.75) is 62.9 Å². The Balaban J connectivity index is 2.01. The van der Waals surface area contributed by atoms with Crippen molar-refractivity contribution in [3.63, 3.8) is 0 Å². The van der Waals surface area contributed by atoms with Crippen LogP contribution in [0.4, 0.5) is 0 Å². The molecule has 5 nitrogen and oxygen atoms in total. The normalized spacial score (nSPS) is 24.5. The highest BCUT2D eigenvalue weighted by atomic mass is 32.2. The van der Waals surface area contributed by atoms with E-state index in [1.165, 1.54) is 0 Å². The Labute approximate surface area is 123 Å². The van der Waals surface area contributed by atoms with Crippen LogP contribution in [0.1, 0.15) is 63.6 Å². The molecule has 1 aliphatic rings. The minimum atomic E-state index is -0.747. The van der Waals surface area contributed by atoms with Gasteiger partial charge in [0.1, 0.15) is 0 Å². The molecule has 1 aliphatic carbocycles. The third kappa shape index (κ3) is 3.75. The maximum atomic E-state index is 11.3. The molecule has 3 unspecified atom stereocenters. The molecule has 1 aromatic heterocycles. The topological polar surface area (TPSA) is 76.2 Å². The van der Waals surface area contributed by atoms with E-state index in [2.05, 4.69) is 24.0 Å². The summed E-state index contributed by atoms with van der Waals surface area (Å²) in [6, 6.07) is 0. The number of hydrogen-bond donors (Lipinski definition) is 1. The standard InChI is InChI=1S/C14H22N2O3S/c1-3-9(2)20-8-12-15-13(19-16-12)10-6-4-5-7-11(10)14(17)18/h9-11H,3-8H2,1-2H3,(H,17,18). The number of hydrogen-bond acceptors (Lipinski definition) is 5. The summed E-state index contributed by atoms with van der Waals surface area (Å²) in [4.78, 5) is 15.7. The lowest BCUT2D eigenvalue weighted by molar-refractivity contribution is -0.143. The van der Waals surface area contributed by atoms with Crippen LogP contribution in [-0.2, 0) is 10.5 Å². The molecule has 0 spiro atoms.